The van der Waals surface area contributed by atoms with Crippen LogP contribution in [0.5, 0.6) is 0 Å². The van der Waals surface area contributed by atoms with Gasteiger partial charge in [0.15, 0.2) is 0 Å². The highest BCUT2D eigenvalue weighted by Gasteiger charge is 2.32. The number of carbonyl (C=O) groups is 1. The Morgan fingerprint density at radius 2 is 2.22 bits per heavy atom. The van der Waals surface area contributed by atoms with Crippen LogP contribution in [0.25, 0.3) is 0 Å². The molecule has 5 heteroatoms. The lowest BCUT2D eigenvalue weighted by molar-refractivity contribution is -0.122. The van der Waals surface area contributed by atoms with Gasteiger partial charge in [0.2, 0.25) is 5.91 Å². The van der Waals surface area contributed by atoms with Gasteiger partial charge in [-0.25, -0.2) is 0 Å². The van der Waals surface area contributed by atoms with E-state index in [9.17, 15) is 9.90 Å². The highest BCUT2D eigenvalue weighted by Crippen LogP contribution is 2.30. The molecule has 1 amide bonds. The van der Waals surface area contributed by atoms with Crippen molar-refractivity contribution in [1.82, 2.24) is 5.32 Å². The molecular formula is C13H17BrN2O2. The van der Waals surface area contributed by atoms with Crippen molar-refractivity contribution in [2.24, 2.45) is 0 Å². The van der Waals surface area contributed by atoms with Crippen molar-refractivity contribution < 1.29 is 9.90 Å². The van der Waals surface area contributed by atoms with Crippen LogP contribution >= 0.6 is 15.9 Å². The van der Waals surface area contributed by atoms with Crippen molar-refractivity contribution in [3.63, 3.8) is 0 Å². The third-order valence-corrected chi connectivity index (χ3v) is 3.95. The third-order valence-electron chi connectivity index (χ3n) is 3.28. The molecule has 4 nitrogen and oxygen atoms in total. The minimum Gasteiger partial charge on any atom is -0.394 e. The summed E-state index contributed by atoms with van der Waals surface area (Å²) in [5.74, 6) is -0.113. The Labute approximate surface area is 115 Å². The number of carbonyl (C=O) groups excluding carboxylic acids is 1. The zero-order valence-corrected chi connectivity index (χ0v) is 11.9. The summed E-state index contributed by atoms with van der Waals surface area (Å²) in [4.78, 5) is 14.0. The minimum atomic E-state index is -0.527. The van der Waals surface area contributed by atoms with Gasteiger partial charge in [-0.15, -0.1) is 0 Å². The summed E-state index contributed by atoms with van der Waals surface area (Å²) in [5, 5.41) is 12.3. The topological polar surface area (TPSA) is 52.6 Å². The fourth-order valence-electron chi connectivity index (χ4n) is 2.33. The summed E-state index contributed by atoms with van der Waals surface area (Å²) in [7, 11) is 0. The molecule has 0 aliphatic carbocycles. The molecule has 98 valence electrons. The molecule has 1 aromatic rings. The van der Waals surface area contributed by atoms with E-state index in [1.807, 2.05) is 29.2 Å². The van der Waals surface area contributed by atoms with Crippen LogP contribution in [0.3, 0.4) is 0 Å². The highest BCUT2D eigenvalue weighted by molar-refractivity contribution is 9.10. The van der Waals surface area contributed by atoms with Crippen LogP contribution in [0, 0.1) is 0 Å². The SMILES string of the molecule is CC1CCNC(=O)C(CO)N1c1ccccc1Br. The van der Waals surface area contributed by atoms with E-state index in [0.717, 1.165) is 16.6 Å². The molecule has 2 unspecified atom stereocenters. The summed E-state index contributed by atoms with van der Waals surface area (Å²) < 4.78 is 0.935. The first kappa shape index (κ1) is 13.4. The molecule has 1 aliphatic heterocycles. The van der Waals surface area contributed by atoms with Crippen LogP contribution in [0.15, 0.2) is 28.7 Å². The second kappa shape index (κ2) is 5.71. The number of aliphatic hydroxyl groups is 1. The Morgan fingerprint density at radius 3 is 2.89 bits per heavy atom. The molecule has 1 saturated heterocycles. The van der Waals surface area contributed by atoms with Crippen molar-refractivity contribution in [2.45, 2.75) is 25.4 Å². The number of anilines is 1. The summed E-state index contributed by atoms with van der Waals surface area (Å²) in [6.07, 6.45) is 0.865. The van der Waals surface area contributed by atoms with Crippen LogP contribution in [0.4, 0.5) is 5.69 Å². The number of halogens is 1. The molecule has 2 N–H and O–H groups in total. The van der Waals surface area contributed by atoms with Gasteiger partial charge < -0.3 is 15.3 Å². The Bertz CT molecular complexity index is 439. The maximum Gasteiger partial charge on any atom is 0.245 e. The lowest BCUT2D eigenvalue weighted by Gasteiger charge is -2.35. The molecule has 1 aliphatic rings. The average molecular weight is 313 g/mol. The Balaban J connectivity index is 2.42. The number of hydrogen-bond acceptors (Lipinski definition) is 3. The lowest BCUT2D eigenvalue weighted by atomic mass is 10.1. The molecule has 0 spiro atoms. The van der Waals surface area contributed by atoms with E-state index in [1.54, 1.807) is 0 Å². The van der Waals surface area contributed by atoms with Gasteiger partial charge in [0.25, 0.3) is 0 Å². The average Bonchev–Trinajstić information content (AvgIpc) is 2.49. The molecule has 0 saturated carbocycles. The molecule has 0 radical (unpaired) electrons. The summed E-state index contributed by atoms with van der Waals surface area (Å²) in [5.41, 5.74) is 0.945. The lowest BCUT2D eigenvalue weighted by Crippen LogP contribution is -2.49. The van der Waals surface area contributed by atoms with Crippen LogP contribution in [-0.4, -0.2) is 36.2 Å². The van der Waals surface area contributed by atoms with E-state index in [1.165, 1.54) is 0 Å². The third kappa shape index (κ3) is 2.52. The second-order valence-electron chi connectivity index (χ2n) is 4.49. The highest BCUT2D eigenvalue weighted by atomic mass is 79.9. The first-order valence-electron chi connectivity index (χ1n) is 6.06. The van der Waals surface area contributed by atoms with Crippen molar-refractivity contribution in [2.75, 3.05) is 18.1 Å². The maximum absolute atomic E-state index is 12.0. The van der Waals surface area contributed by atoms with E-state index < -0.39 is 6.04 Å². The Morgan fingerprint density at radius 1 is 1.50 bits per heavy atom. The number of para-hydroxylation sites is 1. The molecule has 1 heterocycles. The van der Waals surface area contributed by atoms with Gasteiger partial charge >= 0.3 is 0 Å². The fraction of sp³-hybridized carbons (Fsp3) is 0.462. The van der Waals surface area contributed by atoms with E-state index in [4.69, 9.17) is 0 Å². The molecule has 18 heavy (non-hydrogen) atoms. The number of nitrogens with zero attached hydrogens (tertiary/aromatic N) is 1. The Hall–Kier alpha value is -1.07. The first-order valence-corrected chi connectivity index (χ1v) is 6.86. The van der Waals surface area contributed by atoms with Crippen LogP contribution in [-0.2, 0) is 4.79 Å². The van der Waals surface area contributed by atoms with Crippen molar-refractivity contribution >= 4 is 27.5 Å². The standard InChI is InChI=1S/C13H17BrN2O2/c1-9-6-7-15-13(18)12(8-17)16(9)11-5-3-2-4-10(11)14/h2-5,9,12,17H,6-8H2,1H3,(H,15,18). The van der Waals surface area contributed by atoms with Gasteiger partial charge in [0.1, 0.15) is 6.04 Å². The molecule has 2 rings (SSSR count). The summed E-state index contributed by atoms with van der Waals surface area (Å²) >= 11 is 3.51. The largest absolute Gasteiger partial charge is 0.394 e. The van der Waals surface area contributed by atoms with Gasteiger partial charge in [0.05, 0.1) is 12.3 Å². The number of rotatable bonds is 2. The van der Waals surface area contributed by atoms with Gasteiger partial charge in [-0.2, -0.15) is 0 Å². The monoisotopic (exact) mass is 312 g/mol. The van der Waals surface area contributed by atoms with Gasteiger partial charge in [0, 0.05) is 17.1 Å². The normalized spacial score (nSPS) is 24.6. The van der Waals surface area contributed by atoms with Crippen LogP contribution in [0.2, 0.25) is 0 Å². The van der Waals surface area contributed by atoms with Crippen molar-refractivity contribution in [3.05, 3.63) is 28.7 Å². The molecule has 1 aromatic carbocycles. The molecule has 1 fully saturated rings. The van der Waals surface area contributed by atoms with Crippen LogP contribution in [0.1, 0.15) is 13.3 Å². The molecular weight excluding hydrogens is 296 g/mol. The number of nitrogens with one attached hydrogen (secondary N) is 1. The fourth-order valence-corrected chi connectivity index (χ4v) is 2.82. The molecule has 0 aromatic heterocycles. The minimum absolute atomic E-state index is 0.113. The molecule has 2 atom stereocenters. The number of aliphatic hydroxyl groups excluding tert-OH is 1. The van der Waals surface area contributed by atoms with Crippen molar-refractivity contribution in [1.29, 1.82) is 0 Å². The number of hydrogen-bond donors (Lipinski definition) is 2. The Kier molecular flexibility index (Phi) is 4.24. The van der Waals surface area contributed by atoms with E-state index in [-0.39, 0.29) is 18.6 Å². The van der Waals surface area contributed by atoms with Gasteiger partial charge in [-0.1, -0.05) is 12.1 Å². The first-order chi connectivity index (χ1) is 8.65. The second-order valence-corrected chi connectivity index (χ2v) is 5.34. The number of amides is 1. The van der Waals surface area contributed by atoms with E-state index in [2.05, 4.69) is 28.2 Å². The van der Waals surface area contributed by atoms with Gasteiger partial charge in [-0.3, -0.25) is 4.79 Å². The molecule has 0 bridgehead atoms. The predicted molar refractivity (Wildman–Crippen MR) is 74.6 cm³/mol. The summed E-state index contributed by atoms with van der Waals surface area (Å²) in [6, 6.07) is 7.44. The quantitative estimate of drug-likeness (QED) is 0.870. The van der Waals surface area contributed by atoms with Crippen LogP contribution < -0.4 is 10.2 Å². The smallest absolute Gasteiger partial charge is 0.245 e. The van der Waals surface area contributed by atoms with E-state index >= 15 is 0 Å². The summed E-state index contributed by atoms with van der Waals surface area (Å²) in [6.45, 7) is 2.54. The zero-order valence-electron chi connectivity index (χ0n) is 10.3. The van der Waals surface area contributed by atoms with Gasteiger partial charge in [-0.05, 0) is 41.4 Å². The predicted octanol–water partition coefficient (Wildman–Crippen LogP) is 1.52. The number of benzene rings is 1. The maximum atomic E-state index is 12.0. The van der Waals surface area contributed by atoms with Crippen molar-refractivity contribution in [3.8, 4) is 0 Å². The zero-order chi connectivity index (χ0) is 13.1. The van der Waals surface area contributed by atoms with E-state index in [0.29, 0.717) is 6.54 Å².